The van der Waals surface area contributed by atoms with Crippen molar-refractivity contribution in [2.45, 2.75) is 45.8 Å². The molecule has 0 spiro atoms. The number of rotatable bonds is 12. The molecule has 2 amide bonds. The summed E-state index contributed by atoms with van der Waals surface area (Å²) < 4.78 is 36.9. The van der Waals surface area contributed by atoms with E-state index in [1.54, 1.807) is 37.3 Å². The van der Waals surface area contributed by atoms with Crippen LogP contribution in [-0.4, -0.2) is 64.2 Å². The Hall–Kier alpha value is -2.98. The van der Waals surface area contributed by atoms with Gasteiger partial charge in [0.15, 0.2) is 11.5 Å². The molecule has 0 aromatic heterocycles. The van der Waals surface area contributed by atoms with Gasteiger partial charge in [0.05, 0.1) is 26.2 Å². The first-order chi connectivity index (χ1) is 16.9. The van der Waals surface area contributed by atoms with Crippen LogP contribution < -0.4 is 19.1 Å². The van der Waals surface area contributed by atoms with E-state index >= 15 is 0 Å². The molecule has 36 heavy (non-hydrogen) atoms. The number of carbonyl (C=O) groups excluding carboxylic acids is 2. The third-order valence-corrected chi connectivity index (χ3v) is 7.31. The molecule has 0 fully saturated rings. The van der Waals surface area contributed by atoms with Gasteiger partial charge in [-0.15, -0.1) is 0 Å². The Labute approximate surface area is 218 Å². The van der Waals surface area contributed by atoms with Crippen molar-refractivity contribution < 1.29 is 27.5 Å². The fourth-order valence-electron chi connectivity index (χ4n) is 3.45. The highest BCUT2D eigenvalue weighted by molar-refractivity contribution is 7.92. The molecule has 9 nitrogen and oxygen atoms in total. The zero-order valence-electron chi connectivity index (χ0n) is 21.4. The molecule has 0 saturated carbocycles. The lowest BCUT2D eigenvalue weighted by Crippen LogP contribution is -2.52. The van der Waals surface area contributed by atoms with E-state index < -0.39 is 28.5 Å². The number of nitrogens with zero attached hydrogens (tertiary/aromatic N) is 2. The van der Waals surface area contributed by atoms with Gasteiger partial charge in [-0.05, 0) is 44.0 Å². The average Bonchev–Trinajstić information content (AvgIpc) is 2.84. The number of ether oxygens (including phenoxy) is 2. The normalized spacial score (nSPS) is 12.9. The monoisotopic (exact) mass is 539 g/mol. The van der Waals surface area contributed by atoms with Crippen molar-refractivity contribution in [1.29, 1.82) is 0 Å². The number of sulfonamides is 1. The first-order valence-corrected chi connectivity index (χ1v) is 13.7. The van der Waals surface area contributed by atoms with Gasteiger partial charge in [0.2, 0.25) is 21.8 Å². The van der Waals surface area contributed by atoms with Gasteiger partial charge in [-0.25, -0.2) is 8.42 Å². The van der Waals surface area contributed by atoms with Crippen LogP contribution in [0.15, 0.2) is 42.5 Å². The van der Waals surface area contributed by atoms with Crippen molar-refractivity contribution in [2.24, 2.45) is 0 Å². The van der Waals surface area contributed by atoms with Gasteiger partial charge < -0.3 is 19.7 Å². The van der Waals surface area contributed by atoms with Crippen LogP contribution in [-0.2, 0) is 26.2 Å². The van der Waals surface area contributed by atoms with E-state index in [0.29, 0.717) is 22.1 Å². The molecule has 0 aliphatic carbocycles. The number of halogens is 1. The van der Waals surface area contributed by atoms with E-state index in [9.17, 15) is 18.0 Å². The minimum absolute atomic E-state index is 0.0249. The SMILES string of the molecule is CC[C@H](C)NC(=O)[C@H](C)N(Cc1ccccc1Cl)C(=O)CN(c1ccc(OC)c(OC)c1)S(C)(=O)=O. The predicted molar refractivity (Wildman–Crippen MR) is 141 cm³/mol. The highest BCUT2D eigenvalue weighted by Crippen LogP contribution is 2.32. The zero-order chi connectivity index (χ0) is 27.0. The van der Waals surface area contributed by atoms with Gasteiger partial charge >= 0.3 is 0 Å². The summed E-state index contributed by atoms with van der Waals surface area (Å²) in [5.41, 5.74) is 0.852. The molecule has 2 aromatic rings. The molecule has 2 rings (SSSR count). The minimum atomic E-state index is -3.88. The maximum Gasteiger partial charge on any atom is 0.244 e. The lowest BCUT2D eigenvalue weighted by Gasteiger charge is -2.32. The Morgan fingerprint density at radius 3 is 2.25 bits per heavy atom. The number of amides is 2. The molecule has 198 valence electrons. The molecular weight excluding hydrogens is 506 g/mol. The molecular formula is C25H34ClN3O6S. The van der Waals surface area contributed by atoms with Crippen LogP contribution in [0.5, 0.6) is 11.5 Å². The van der Waals surface area contributed by atoms with E-state index in [1.165, 1.54) is 31.3 Å². The largest absolute Gasteiger partial charge is 0.493 e. The van der Waals surface area contributed by atoms with E-state index in [1.807, 2.05) is 13.8 Å². The summed E-state index contributed by atoms with van der Waals surface area (Å²) in [6.45, 7) is 4.91. The summed E-state index contributed by atoms with van der Waals surface area (Å²) in [5, 5.41) is 3.31. The Morgan fingerprint density at radius 2 is 1.69 bits per heavy atom. The van der Waals surface area contributed by atoms with Crippen molar-refractivity contribution >= 4 is 39.1 Å². The van der Waals surface area contributed by atoms with E-state index in [4.69, 9.17) is 21.1 Å². The average molecular weight is 540 g/mol. The van der Waals surface area contributed by atoms with Gasteiger partial charge in [0.1, 0.15) is 12.6 Å². The smallest absolute Gasteiger partial charge is 0.244 e. The number of hydrogen-bond acceptors (Lipinski definition) is 6. The van der Waals surface area contributed by atoms with Gasteiger partial charge in [-0.3, -0.25) is 13.9 Å². The van der Waals surface area contributed by atoms with Gasteiger partial charge in [-0.1, -0.05) is 36.7 Å². The van der Waals surface area contributed by atoms with E-state index in [-0.39, 0.29) is 24.2 Å². The third kappa shape index (κ3) is 7.51. The predicted octanol–water partition coefficient (Wildman–Crippen LogP) is 3.46. The van der Waals surface area contributed by atoms with Crippen molar-refractivity contribution in [3.05, 3.63) is 53.1 Å². The highest BCUT2D eigenvalue weighted by atomic mass is 35.5. The zero-order valence-corrected chi connectivity index (χ0v) is 23.0. The molecule has 0 aliphatic heterocycles. The fraction of sp³-hybridized carbons (Fsp3) is 0.440. The van der Waals surface area contributed by atoms with Crippen molar-refractivity contribution in [1.82, 2.24) is 10.2 Å². The Balaban J connectivity index is 2.45. The van der Waals surface area contributed by atoms with E-state index in [2.05, 4.69) is 5.32 Å². The maximum absolute atomic E-state index is 13.6. The molecule has 0 heterocycles. The molecule has 0 saturated heterocycles. The molecule has 0 aliphatic rings. The molecule has 0 bridgehead atoms. The third-order valence-electron chi connectivity index (χ3n) is 5.80. The summed E-state index contributed by atoms with van der Waals surface area (Å²) in [4.78, 5) is 27.9. The summed E-state index contributed by atoms with van der Waals surface area (Å²) in [7, 11) is -0.981. The Kier molecular flexibility index (Phi) is 10.4. The summed E-state index contributed by atoms with van der Waals surface area (Å²) in [5.74, 6) is -0.189. The number of methoxy groups -OCH3 is 2. The van der Waals surface area contributed by atoms with Gasteiger partial charge in [0, 0.05) is 23.7 Å². The number of nitrogens with one attached hydrogen (secondary N) is 1. The molecule has 0 radical (unpaired) electrons. The molecule has 1 N–H and O–H groups in total. The van der Waals surface area contributed by atoms with Crippen LogP contribution in [0.2, 0.25) is 5.02 Å². The van der Waals surface area contributed by atoms with Crippen LogP contribution in [0.3, 0.4) is 0 Å². The van der Waals surface area contributed by atoms with Crippen LogP contribution in [0.4, 0.5) is 5.69 Å². The van der Waals surface area contributed by atoms with Crippen molar-refractivity contribution in [3.63, 3.8) is 0 Å². The molecule has 2 aromatic carbocycles. The van der Waals surface area contributed by atoms with Crippen LogP contribution in [0, 0.1) is 0 Å². The van der Waals surface area contributed by atoms with Crippen LogP contribution in [0.1, 0.15) is 32.8 Å². The molecule has 0 unspecified atom stereocenters. The number of benzene rings is 2. The summed E-state index contributed by atoms with van der Waals surface area (Å²) >= 11 is 6.33. The fourth-order valence-corrected chi connectivity index (χ4v) is 4.49. The van der Waals surface area contributed by atoms with E-state index in [0.717, 1.165) is 17.0 Å². The molecule has 11 heteroatoms. The van der Waals surface area contributed by atoms with Crippen LogP contribution >= 0.6 is 11.6 Å². The highest BCUT2D eigenvalue weighted by Gasteiger charge is 2.31. The first kappa shape index (κ1) is 29.3. The summed E-state index contributed by atoms with van der Waals surface area (Å²) in [6.07, 6.45) is 1.73. The number of anilines is 1. The van der Waals surface area contributed by atoms with Crippen molar-refractivity contribution in [2.75, 3.05) is 31.3 Å². The Morgan fingerprint density at radius 1 is 1.06 bits per heavy atom. The second kappa shape index (κ2) is 12.8. The molecule has 2 atom stereocenters. The lowest BCUT2D eigenvalue weighted by molar-refractivity contribution is -0.139. The van der Waals surface area contributed by atoms with Gasteiger partial charge in [-0.2, -0.15) is 0 Å². The topological polar surface area (TPSA) is 105 Å². The summed E-state index contributed by atoms with van der Waals surface area (Å²) in [6, 6.07) is 10.6. The number of carbonyl (C=O) groups is 2. The quantitative estimate of drug-likeness (QED) is 0.443. The number of hydrogen-bond donors (Lipinski definition) is 1. The minimum Gasteiger partial charge on any atom is -0.493 e. The van der Waals surface area contributed by atoms with Crippen molar-refractivity contribution in [3.8, 4) is 11.5 Å². The lowest BCUT2D eigenvalue weighted by atomic mass is 10.1. The standard InChI is InChI=1S/C25H34ClN3O6S/c1-7-17(2)27-25(31)18(3)28(15-19-10-8-9-11-21(19)26)24(30)16-29(36(6,32)33)20-12-13-22(34-4)23(14-20)35-5/h8-14,17-18H,7,15-16H2,1-6H3,(H,27,31)/t17-,18-/m0/s1. The second-order valence-electron chi connectivity index (χ2n) is 8.42. The van der Waals surface area contributed by atoms with Gasteiger partial charge in [0.25, 0.3) is 0 Å². The Bertz CT molecular complexity index is 1170. The second-order valence-corrected chi connectivity index (χ2v) is 10.7. The maximum atomic E-state index is 13.6. The first-order valence-electron chi connectivity index (χ1n) is 11.5. The van der Waals surface area contributed by atoms with Crippen LogP contribution in [0.25, 0.3) is 0 Å².